The fourth-order valence-corrected chi connectivity index (χ4v) is 2.38. The molecule has 2 nitrogen and oxygen atoms in total. The summed E-state index contributed by atoms with van der Waals surface area (Å²) in [4.78, 5) is 11.2. The highest BCUT2D eigenvalue weighted by molar-refractivity contribution is 6.33. The molecule has 1 aromatic carbocycles. The summed E-state index contributed by atoms with van der Waals surface area (Å²) in [5.74, 6) is 0. The third kappa shape index (κ3) is 2.21. The van der Waals surface area contributed by atoms with Crippen molar-refractivity contribution in [2.75, 3.05) is 0 Å². The van der Waals surface area contributed by atoms with Gasteiger partial charge in [0, 0.05) is 5.54 Å². The first kappa shape index (κ1) is 12.9. The molecule has 0 saturated carbocycles. The number of hydrogen-bond donors (Lipinski definition) is 0. The summed E-state index contributed by atoms with van der Waals surface area (Å²) < 4.78 is 1.98. The minimum atomic E-state index is -0.200. The number of aromatic nitrogens is 1. The van der Waals surface area contributed by atoms with Crippen LogP contribution in [0.15, 0.2) is 36.4 Å². The first-order valence-corrected chi connectivity index (χ1v) is 6.25. The van der Waals surface area contributed by atoms with Gasteiger partial charge in [0.1, 0.15) is 5.69 Å². The van der Waals surface area contributed by atoms with Crippen LogP contribution in [0.1, 0.15) is 31.3 Å². The molecular formula is C15H16ClNO. The second kappa shape index (κ2) is 4.62. The van der Waals surface area contributed by atoms with E-state index in [4.69, 9.17) is 11.6 Å². The Morgan fingerprint density at radius 3 is 2.28 bits per heavy atom. The van der Waals surface area contributed by atoms with Crippen molar-refractivity contribution in [3.8, 4) is 11.3 Å². The zero-order valence-corrected chi connectivity index (χ0v) is 11.5. The van der Waals surface area contributed by atoms with Crippen LogP contribution in [0.3, 0.4) is 0 Å². The van der Waals surface area contributed by atoms with Crippen LogP contribution in [0, 0.1) is 0 Å². The highest BCUT2D eigenvalue weighted by Crippen LogP contribution is 2.33. The van der Waals surface area contributed by atoms with Crippen LogP contribution in [0.4, 0.5) is 0 Å². The van der Waals surface area contributed by atoms with E-state index in [1.165, 1.54) is 0 Å². The number of hydrogen-bond acceptors (Lipinski definition) is 1. The standard InChI is InChI=1S/C15H16ClNO/c1-15(2,3)17-13(9-12(16)14(17)10-18)11-7-5-4-6-8-11/h4-10H,1-3H3. The van der Waals surface area contributed by atoms with Gasteiger partial charge in [0.2, 0.25) is 0 Å². The van der Waals surface area contributed by atoms with Crippen molar-refractivity contribution in [1.82, 2.24) is 4.57 Å². The molecule has 0 spiro atoms. The van der Waals surface area contributed by atoms with Crippen LogP contribution in [0.2, 0.25) is 5.02 Å². The Hall–Kier alpha value is -1.54. The van der Waals surface area contributed by atoms with Crippen molar-refractivity contribution in [2.45, 2.75) is 26.3 Å². The molecule has 2 aromatic rings. The van der Waals surface area contributed by atoms with Gasteiger partial charge in [-0.25, -0.2) is 0 Å². The Morgan fingerprint density at radius 2 is 1.78 bits per heavy atom. The van der Waals surface area contributed by atoms with Gasteiger partial charge < -0.3 is 4.57 Å². The van der Waals surface area contributed by atoms with Crippen LogP contribution < -0.4 is 0 Å². The second-order valence-electron chi connectivity index (χ2n) is 5.25. The van der Waals surface area contributed by atoms with Crippen LogP contribution in [0.25, 0.3) is 11.3 Å². The van der Waals surface area contributed by atoms with E-state index in [0.29, 0.717) is 10.7 Å². The van der Waals surface area contributed by atoms with Crippen LogP contribution in [-0.4, -0.2) is 10.9 Å². The number of aldehydes is 1. The molecule has 2 rings (SSSR count). The van der Waals surface area contributed by atoms with E-state index in [2.05, 4.69) is 20.8 Å². The molecule has 94 valence electrons. The van der Waals surface area contributed by atoms with Gasteiger partial charge in [-0.2, -0.15) is 0 Å². The van der Waals surface area contributed by atoms with Crippen molar-refractivity contribution in [3.63, 3.8) is 0 Å². The van der Waals surface area contributed by atoms with E-state index >= 15 is 0 Å². The van der Waals surface area contributed by atoms with E-state index in [1.807, 2.05) is 41.0 Å². The second-order valence-corrected chi connectivity index (χ2v) is 5.66. The molecule has 18 heavy (non-hydrogen) atoms. The van der Waals surface area contributed by atoms with Gasteiger partial charge in [-0.1, -0.05) is 41.9 Å². The molecule has 0 bridgehead atoms. The molecule has 0 atom stereocenters. The van der Waals surface area contributed by atoms with Crippen molar-refractivity contribution >= 4 is 17.9 Å². The molecule has 1 aromatic heterocycles. The molecule has 0 aliphatic rings. The van der Waals surface area contributed by atoms with E-state index in [0.717, 1.165) is 17.5 Å². The lowest BCUT2D eigenvalue weighted by Gasteiger charge is -2.26. The van der Waals surface area contributed by atoms with Crippen LogP contribution in [0.5, 0.6) is 0 Å². The summed E-state index contributed by atoms with van der Waals surface area (Å²) in [6.07, 6.45) is 0.819. The Morgan fingerprint density at radius 1 is 1.17 bits per heavy atom. The van der Waals surface area contributed by atoms with Crippen LogP contribution >= 0.6 is 11.6 Å². The van der Waals surface area contributed by atoms with Gasteiger partial charge in [-0.3, -0.25) is 4.79 Å². The molecule has 0 aliphatic carbocycles. The minimum Gasteiger partial charge on any atom is -0.332 e. The highest BCUT2D eigenvalue weighted by Gasteiger charge is 2.23. The van der Waals surface area contributed by atoms with Gasteiger partial charge in [0.05, 0.1) is 10.7 Å². The van der Waals surface area contributed by atoms with Crippen molar-refractivity contribution in [1.29, 1.82) is 0 Å². The predicted octanol–water partition coefficient (Wildman–Crippen LogP) is 4.38. The summed E-state index contributed by atoms with van der Waals surface area (Å²) in [7, 11) is 0. The number of nitrogens with zero attached hydrogens (tertiary/aromatic N) is 1. The van der Waals surface area contributed by atoms with E-state index in [9.17, 15) is 4.79 Å². The average molecular weight is 262 g/mol. The fraction of sp³-hybridized carbons (Fsp3) is 0.267. The molecular weight excluding hydrogens is 246 g/mol. The smallest absolute Gasteiger partial charge is 0.168 e. The molecule has 0 fully saturated rings. The number of carbonyl (C=O) groups is 1. The number of halogens is 1. The molecule has 0 aliphatic heterocycles. The number of benzene rings is 1. The lowest BCUT2D eigenvalue weighted by atomic mass is 10.1. The van der Waals surface area contributed by atoms with E-state index in [-0.39, 0.29) is 5.54 Å². The van der Waals surface area contributed by atoms with Gasteiger partial charge in [0.15, 0.2) is 6.29 Å². The summed E-state index contributed by atoms with van der Waals surface area (Å²) in [6.45, 7) is 6.17. The predicted molar refractivity (Wildman–Crippen MR) is 75.3 cm³/mol. The molecule has 0 N–H and O–H groups in total. The molecule has 1 heterocycles. The lowest BCUT2D eigenvalue weighted by molar-refractivity contribution is 0.111. The monoisotopic (exact) mass is 261 g/mol. The maximum absolute atomic E-state index is 11.2. The first-order chi connectivity index (χ1) is 8.45. The maximum Gasteiger partial charge on any atom is 0.168 e. The highest BCUT2D eigenvalue weighted by atomic mass is 35.5. The van der Waals surface area contributed by atoms with E-state index < -0.39 is 0 Å². The Kier molecular flexibility index (Phi) is 3.31. The number of rotatable bonds is 2. The zero-order chi connectivity index (χ0) is 13.3. The van der Waals surface area contributed by atoms with Gasteiger partial charge in [0.25, 0.3) is 0 Å². The summed E-state index contributed by atoms with van der Waals surface area (Å²) in [5.41, 5.74) is 2.36. The van der Waals surface area contributed by atoms with Crippen molar-refractivity contribution in [2.24, 2.45) is 0 Å². The maximum atomic E-state index is 11.2. The average Bonchev–Trinajstić information content (AvgIpc) is 2.67. The Labute approximate surface area is 112 Å². The molecule has 0 saturated heterocycles. The quantitative estimate of drug-likeness (QED) is 0.736. The summed E-state index contributed by atoms with van der Waals surface area (Å²) >= 11 is 6.15. The Bertz CT molecular complexity index is 564. The van der Waals surface area contributed by atoms with Crippen molar-refractivity contribution < 1.29 is 4.79 Å². The third-order valence-electron chi connectivity index (χ3n) is 2.84. The fourth-order valence-electron chi connectivity index (χ4n) is 2.15. The molecule has 0 unspecified atom stereocenters. The molecule has 0 amide bonds. The zero-order valence-electron chi connectivity index (χ0n) is 10.8. The first-order valence-electron chi connectivity index (χ1n) is 5.87. The van der Waals surface area contributed by atoms with Crippen molar-refractivity contribution in [3.05, 3.63) is 47.1 Å². The normalized spacial score (nSPS) is 11.6. The third-order valence-corrected chi connectivity index (χ3v) is 3.14. The largest absolute Gasteiger partial charge is 0.332 e. The lowest BCUT2D eigenvalue weighted by Crippen LogP contribution is -2.24. The van der Waals surface area contributed by atoms with Gasteiger partial charge in [-0.05, 0) is 32.4 Å². The van der Waals surface area contributed by atoms with Gasteiger partial charge in [-0.15, -0.1) is 0 Å². The van der Waals surface area contributed by atoms with Crippen LogP contribution in [-0.2, 0) is 5.54 Å². The molecule has 3 heteroatoms. The SMILES string of the molecule is CC(C)(C)n1c(-c2ccccc2)cc(Cl)c1C=O. The Balaban J connectivity index is 2.73. The molecule has 0 radical (unpaired) electrons. The van der Waals surface area contributed by atoms with Gasteiger partial charge >= 0.3 is 0 Å². The number of carbonyl (C=O) groups excluding carboxylic acids is 1. The topological polar surface area (TPSA) is 22.0 Å². The van der Waals surface area contributed by atoms with E-state index in [1.54, 1.807) is 0 Å². The summed E-state index contributed by atoms with van der Waals surface area (Å²) in [6, 6.07) is 11.8. The minimum absolute atomic E-state index is 0.200. The summed E-state index contributed by atoms with van der Waals surface area (Å²) in [5, 5.41) is 0.499.